The molecule has 1 amide bonds. The van der Waals surface area contributed by atoms with Gasteiger partial charge in [0.05, 0.1) is 5.92 Å². The first-order valence-corrected chi connectivity index (χ1v) is 8.58. The van der Waals surface area contributed by atoms with Crippen LogP contribution >= 0.6 is 0 Å². The molecule has 1 unspecified atom stereocenters. The Hall–Kier alpha value is -3.24. The first-order chi connectivity index (χ1) is 12.7. The third-order valence-electron chi connectivity index (χ3n) is 4.64. The molecule has 4 rings (SSSR count). The van der Waals surface area contributed by atoms with Crippen molar-refractivity contribution >= 4 is 33.1 Å². The number of pyridine rings is 1. The van der Waals surface area contributed by atoms with Crippen molar-refractivity contribution in [3.05, 3.63) is 84.7 Å². The molecule has 3 aromatic carbocycles. The van der Waals surface area contributed by atoms with Gasteiger partial charge in [0.1, 0.15) is 0 Å². The lowest BCUT2D eigenvalue weighted by Gasteiger charge is -2.16. The van der Waals surface area contributed by atoms with Gasteiger partial charge >= 0.3 is 0 Å². The molecule has 0 aliphatic heterocycles. The van der Waals surface area contributed by atoms with Crippen LogP contribution in [0.2, 0.25) is 0 Å². The lowest BCUT2D eigenvalue weighted by atomic mass is 9.95. The van der Waals surface area contributed by atoms with Gasteiger partial charge < -0.3 is 11.1 Å². The Kier molecular flexibility index (Phi) is 4.33. The Balaban J connectivity index is 1.61. The zero-order valence-corrected chi connectivity index (χ0v) is 14.2. The van der Waals surface area contributed by atoms with Crippen molar-refractivity contribution in [1.29, 1.82) is 0 Å². The van der Waals surface area contributed by atoms with E-state index in [9.17, 15) is 4.79 Å². The second-order valence-corrected chi connectivity index (χ2v) is 6.32. The first-order valence-electron chi connectivity index (χ1n) is 8.58. The summed E-state index contributed by atoms with van der Waals surface area (Å²) in [5.41, 5.74) is 7.61. The number of amides is 1. The minimum atomic E-state index is -0.396. The van der Waals surface area contributed by atoms with Crippen LogP contribution in [-0.4, -0.2) is 17.4 Å². The van der Waals surface area contributed by atoms with Gasteiger partial charge in [0.25, 0.3) is 0 Å². The maximum atomic E-state index is 12.8. The molecule has 128 valence electrons. The molecule has 4 heteroatoms. The highest BCUT2D eigenvalue weighted by molar-refractivity contribution is 5.98. The average molecular weight is 341 g/mol. The van der Waals surface area contributed by atoms with Gasteiger partial charge in [0, 0.05) is 30.0 Å². The van der Waals surface area contributed by atoms with E-state index in [4.69, 9.17) is 5.73 Å². The molecule has 0 fully saturated rings. The second kappa shape index (κ2) is 6.94. The maximum absolute atomic E-state index is 12.8. The minimum Gasteiger partial charge on any atom is -0.329 e. The third kappa shape index (κ3) is 3.15. The number of carbonyl (C=O) groups excluding carboxylic acids is 1. The van der Waals surface area contributed by atoms with Gasteiger partial charge in [-0.05, 0) is 39.9 Å². The van der Waals surface area contributed by atoms with Gasteiger partial charge in [-0.15, -0.1) is 0 Å². The molecule has 0 aliphatic rings. The molecule has 1 atom stereocenters. The number of rotatable bonds is 4. The highest BCUT2D eigenvalue weighted by Crippen LogP contribution is 2.24. The number of nitrogens with two attached hydrogens (primary N) is 1. The van der Waals surface area contributed by atoms with Crippen LogP contribution in [0.15, 0.2) is 79.1 Å². The number of hydrogen-bond donors (Lipinski definition) is 2. The fourth-order valence-corrected chi connectivity index (χ4v) is 3.21. The molecule has 1 aromatic heterocycles. The molecule has 0 aliphatic carbocycles. The first kappa shape index (κ1) is 16.2. The van der Waals surface area contributed by atoms with Gasteiger partial charge in [0.2, 0.25) is 5.91 Å². The van der Waals surface area contributed by atoms with Gasteiger partial charge in [-0.3, -0.25) is 9.78 Å². The van der Waals surface area contributed by atoms with Crippen LogP contribution in [0.4, 0.5) is 5.69 Å². The van der Waals surface area contributed by atoms with E-state index in [1.54, 1.807) is 12.4 Å². The Morgan fingerprint density at radius 1 is 0.923 bits per heavy atom. The lowest BCUT2D eigenvalue weighted by molar-refractivity contribution is -0.117. The van der Waals surface area contributed by atoms with Crippen LogP contribution in [0.3, 0.4) is 0 Å². The van der Waals surface area contributed by atoms with Crippen molar-refractivity contribution < 1.29 is 4.79 Å². The SMILES string of the molecule is NCC(C(=O)Nc1ccc2cnccc2c1)c1ccc2ccccc2c1. The van der Waals surface area contributed by atoms with E-state index >= 15 is 0 Å². The number of fused-ring (bicyclic) bond motifs is 2. The number of aromatic nitrogens is 1. The van der Waals surface area contributed by atoms with Crippen molar-refractivity contribution in [2.24, 2.45) is 5.73 Å². The second-order valence-electron chi connectivity index (χ2n) is 6.32. The zero-order valence-electron chi connectivity index (χ0n) is 14.2. The van der Waals surface area contributed by atoms with Crippen LogP contribution in [0.5, 0.6) is 0 Å². The molecule has 3 N–H and O–H groups in total. The zero-order chi connectivity index (χ0) is 17.9. The van der Waals surface area contributed by atoms with Gasteiger partial charge in [-0.25, -0.2) is 0 Å². The van der Waals surface area contributed by atoms with Crippen LogP contribution in [-0.2, 0) is 4.79 Å². The Morgan fingerprint density at radius 2 is 1.69 bits per heavy atom. The summed E-state index contributed by atoms with van der Waals surface area (Å²) in [5, 5.41) is 7.32. The van der Waals surface area contributed by atoms with Crippen molar-refractivity contribution in [2.75, 3.05) is 11.9 Å². The van der Waals surface area contributed by atoms with E-state index in [2.05, 4.69) is 16.4 Å². The van der Waals surface area contributed by atoms with Gasteiger partial charge in [0.15, 0.2) is 0 Å². The molecule has 0 saturated carbocycles. The highest BCUT2D eigenvalue weighted by atomic mass is 16.1. The molecule has 0 bridgehead atoms. The number of nitrogens with zero attached hydrogens (tertiary/aromatic N) is 1. The Morgan fingerprint density at radius 3 is 2.54 bits per heavy atom. The third-order valence-corrected chi connectivity index (χ3v) is 4.64. The summed E-state index contributed by atoms with van der Waals surface area (Å²) in [6.07, 6.45) is 3.55. The highest BCUT2D eigenvalue weighted by Gasteiger charge is 2.19. The number of hydrogen-bond acceptors (Lipinski definition) is 3. The van der Waals surface area contributed by atoms with E-state index < -0.39 is 5.92 Å². The number of carbonyl (C=O) groups is 1. The van der Waals surface area contributed by atoms with Crippen molar-refractivity contribution in [2.45, 2.75) is 5.92 Å². The predicted octanol–water partition coefficient (Wildman–Crippen LogP) is 4.07. The van der Waals surface area contributed by atoms with Crippen LogP contribution in [0, 0.1) is 0 Å². The van der Waals surface area contributed by atoms with Crippen molar-refractivity contribution in [3.8, 4) is 0 Å². The summed E-state index contributed by atoms with van der Waals surface area (Å²) in [7, 11) is 0. The number of benzene rings is 3. The molecule has 0 radical (unpaired) electrons. The molecule has 4 aromatic rings. The summed E-state index contributed by atoms with van der Waals surface area (Å²) in [6, 6.07) is 21.9. The van der Waals surface area contributed by atoms with Crippen molar-refractivity contribution in [1.82, 2.24) is 4.98 Å². The topological polar surface area (TPSA) is 68.0 Å². The summed E-state index contributed by atoms with van der Waals surface area (Å²) < 4.78 is 0. The molecule has 0 saturated heterocycles. The standard InChI is InChI=1S/C22H19N3O/c23-13-21(18-6-5-15-3-1-2-4-16(15)11-18)22(26)25-20-8-7-19-14-24-10-9-17(19)12-20/h1-12,14,21H,13,23H2,(H,25,26). The van der Waals surface area contributed by atoms with E-state index in [1.807, 2.05) is 60.7 Å². The fourth-order valence-electron chi connectivity index (χ4n) is 3.21. The van der Waals surface area contributed by atoms with Crippen LogP contribution < -0.4 is 11.1 Å². The smallest absolute Gasteiger partial charge is 0.233 e. The molecular formula is C22H19N3O. The van der Waals surface area contributed by atoms with E-state index in [-0.39, 0.29) is 12.5 Å². The Labute approximate surface area is 151 Å². The van der Waals surface area contributed by atoms with E-state index in [0.717, 1.165) is 32.8 Å². The molecular weight excluding hydrogens is 322 g/mol. The normalized spacial score (nSPS) is 12.2. The van der Waals surface area contributed by atoms with Crippen LogP contribution in [0.1, 0.15) is 11.5 Å². The summed E-state index contributed by atoms with van der Waals surface area (Å²) in [5.74, 6) is -0.496. The maximum Gasteiger partial charge on any atom is 0.233 e. The van der Waals surface area contributed by atoms with Crippen molar-refractivity contribution in [3.63, 3.8) is 0 Å². The van der Waals surface area contributed by atoms with Gasteiger partial charge in [-0.1, -0.05) is 48.5 Å². The minimum absolute atomic E-state index is 0.101. The fraction of sp³-hybridized carbons (Fsp3) is 0.0909. The van der Waals surface area contributed by atoms with E-state index in [1.165, 1.54) is 0 Å². The predicted molar refractivity (Wildman–Crippen MR) is 106 cm³/mol. The number of nitrogens with one attached hydrogen (secondary N) is 1. The lowest BCUT2D eigenvalue weighted by Crippen LogP contribution is -2.27. The largest absolute Gasteiger partial charge is 0.329 e. The summed E-state index contributed by atoms with van der Waals surface area (Å²) >= 11 is 0. The average Bonchev–Trinajstić information content (AvgIpc) is 2.68. The summed E-state index contributed by atoms with van der Waals surface area (Å²) in [4.78, 5) is 16.9. The molecule has 4 nitrogen and oxygen atoms in total. The molecule has 26 heavy (non-hydrogen) atoms. The van der Waals surface area contributed by atoms with Gasteiger partial charge in [-0.2, -0.15) is 0 Å². The quantitative estimate of drug-likeness (QED) is 0.588. The van der Waals surface area contributed by atoms with E-state index in [0.29, 0.717) is 0 Å². The molecule has 1 heterocycles. The Bertz CT molecular complexity index is 1090. The molecule has 0 spiro atoms. The summed E-state index contributed by atoms with van der Waals surface area (Å²) in [6.45, 7) is 0.252. The number of anilines is 1. The van der Waals surface area contributed by atoms with Crippen LogP contribution in [0.25, 0.3) is 21.5 Å². The monoisotopic (exact) mass is 341 g/mol.